The monoisotopic (exact) mass is 370 g/mol. The van der Waals surface area contributed by atoms with E-state index in [-0.39, 0.29) is 18.1 Å². The van der Waals surface area contributed by atoms with Crippen LogP contribution in [0.15, 0.2) is 52.8 Å². The summed E-state index contributed by atoms with van der Waals surface area (Å²) in [5.41, 5.74) is 3.33. The molecular formula is C20H22N2O5. The number of phenolic OH excluding ortho intramolecular Hbond substituents is 1. The maximum atomic E-state index is 12.0. The molecule has 27 heavy (non-hydrogen) atoms. The molecule has 142 valence electrons. The Bertz CT molecular complexity index is 874. The fraction of sp³-hybridized carbons (Fsp3) is 0.250. The van der Waals surface area contributed by atoms with Crippen molar-refractivity contribution in [3.05, 3.63) is 64.7 Å². The molecule has 1 N–H and O–H groups in total. The van der Waals surface area contributed by atoms with Crippen molar-refractivity contribution < 1.29 is 24.3 Å². The lowest BCUT2D eigenvalue weighted by atomic mass is 9.99. The zero-order chi connectivity index (χ0) is 19.8. The summed E-state index contributed by atoms with van der Waals surface area (Å²) in [4.78, 5) is 22.3. The van der Waals surface area contributed by atoms with Crippen LogP contribution in [-0.2, 0) is 25.8 Å². The first-order valence-corrected chi connectivity index (χ1v) is 8.22. The zero-order valence-corrected chi connectivity index (χ0v) is 15.7. The first-order valence-electron chi connectivity index (χ1n) is 8.22. The van der Waals surface area contributed by atoms with Crippen LogP contribution in [0.5, 0.6) is 5.75 Å². The van der Waals surface area contributed by atoms with E-state index in [9.17, 15) is 9.90 Å². The number of aryl methyl sites for hydroxylation is 1. The molecule has 0 aliphatic carbocycles. The molecule has 2 rings (SSSR count). The van der Waals surface area contributed by atoms with E-state index in [0.29, 0.717) is 16.8 Å². The lowest BCUT2D eigenvalue weighted by molar-refractivity contribution is -0.132. The number of aromatic hydroxyl groups is 1. The Morgan fingerprint density at radius 2 is 1.74 bits per heavy atom. The fourth-order valence-electron chi connectivity index (χ4n) is 2.52. The molecule has 0 saturated carbocycles. The Balaban J connectivity index is 2.29. The third kappa shape index (κ3) is 4.84. The Hall–Kier alpha value is -3.35. The summed E-state index contributed by atoms with van der Waals surface area (Å²) in [7, 11) is 2.63. The minimum Gasteiger partial charge on any atom is -0.507 e. The van der Waals surface area contributed by atoms with E-state index < -0.39 is 5.97 Å². The number of hydrogen-bond donors (Lipinski definition) is 1. The van der Waals surface area contributed by atoms with Crippen LogP contribution in [0.25, 0.3) is 0 Å². The number of ether oxygens (including phenoxy) is 1. The van der Waals surface area contributed by atoms with Crippen molar-refractivity contribution in [1.82, 2.24) is 0 Å². The van der Waals surface area contributed by atoms with E-state index in [0.717, 1.165) is 11.1 Å². The van der Waals surface area contributed by atoms with Gasteiger partial charge in [-0.2, -0.15) is 0 Å². The molecule has 0 bridgehead atoms. The summed E-state index contributed by atoms with van der Waals surface area (Å²) in [6, 6.07) is 12.3. The van der Waals surface area contributed by atoms with Gasteiger partial charge in [-0.25, -0.2) is 4.79 Å². The van der Waals surface area contributed by atoms with Gasteiger partial charge in [-0.1, -0.05) is 40.6 Å². The highest BCUT2D eigenvalue weighted by Crippen LogP contribution is 2.19. The first-order chi connectivity index (χ1) is 13.0. The molecule has 0 aliphatic heterocycles. The van der Waals surface area contributed by atoms with Crippen LogP contribution < -0.4 is 0 Å². The van der Waals surface area contributed by atoms with E-state index in [1.165, 1.54) is 14.2 Å². The van der Waals surface area contributed by atoms with E-state index in [1.807, 2.05) is 13.0 Å². The van der Waals surface area contributed by atoms with Crippen LogP contribution >= 0.6 is 0 Å². The second kappa shape index (κ2) is 9.38. The predicted octanol–water partition coefficient (Wildman–Crippen LogP) is 3.16. The van der Waals surface area contributed by atoms with Crippen molar-refractivity contribution in [2.75, 3.05) is 14.2 Å². The lowest BCUT2D eigenvalue weighted by Gasteiger charge is -2.12. The van der Waals surface area contributed by atoms with Crippen molar-refractivity contribution in [2.45, 2.75) is 20.5 Å². The van der Waals surface area contributed by atoms with Crippen LogP contribution in [0, 0.1) is 6.92 Å². The molecule has 7 heteroatoms. The zero-order valence-electron chi connectivity index (χ0n) is 15.7. The van der Waals surface area contributed by atoms with Gasteiger partial charge in [-0.15, -0.1) is 0 Å². The number of esters is 1. The quantitative estimate of drug-likeness (QED) is 0.459. The first kappa shape index (κ1) is 20.0. The van der Waals surface area contributed by atoms with Gasteiger partial charge in [0.05, 0.1) is 12.8 Å². The van der Waals surface area contributed by atoms with Gasteiger partial charge in [0.15, 0.2) is 5.71 Å². The molecule has 0 heterocycles. The maximum Gasteiger partial charge on any atom is 0.360 e. The molecule has 0 spiro atoms. The van der Waals surface area contributed by atoms with E-state index in [4.69, 9.17) is 14.4 Å². The molecule has 0 unspecified atom stereocenters. The SMILES string of the molecule is CO/N=C(/C(=O)OC)c1cccc(C)c1CO/N=C(\C)c1ccccc1O. The molecule has 0 saturated heterocycles. The van der Waals surface area contributed by atoms with Gasteiger partial charge in [0, 0.05) is 16.7 Å². The van der Waals surface area contributed by atoms with Gasteiger partial charge in [-0.05, 0) is 31.5 Å². The van der Waals surface area contributed by atoms with Crippen molar-refractivity contribution >= 4 is 17.4 Å². The molecule has 2 aromatic rings. The lowest BCUT2D eigenvalue weighted by Crippen LogP contribution is -2.20. The highest BCUT2D eigenvalue weighted by Gasteiger charge is 2.20. The normalized spacial score (nSPS) is 11.9. The predicted molar refractivity (Wildman–Crippen MR) is 102 cm³/mol. The van der Waals surface area contributed by atoms with Gasteiger partial charge in [0.2, 0.25) is 0 Å². The second-order valence-electron chi connectivity index (χ2n) is 5.68. The van der Waals surface area contributed by atoms with E-state index in [1.54, 1.807) is 43.3 Å². The smallest absolute Gasteiger partial charge is 0.360 e. The fourth-order valence-corrected chi connectivity index (χ4v) is 2.52. The number of rotatable bonds is 7. The van der Waals surface area contributed by atoms with Gasteiger partial charge in [0.1, 0.15) is 19.5 Å². The standard InChI is InChI=1S/C20H22N2O5/c1-13-8-7-10-16(19(22-26-4)20(24)25-3)17(13)12-27-21-14(2)15-9-5-6-11-18(15)23/h5-11,23H,12H2,1-4H3/b21-14+,22-19+. The number of oxime groups is 2. The summed E-state index contributed by atoms with van der Waals surface area (Å²) < 4.78 is 4.78. The van der Waals surface area contributed by atoms with Crippen molar-refractivity contribution in [1.29, 1.82) is 0 Å². The molecule has 0 radical (unpaired) electrons. The number of phenols is 1. The van der Waals surface area contributed by atoms with Gasteiger partial charge in [0.25, 0.3) is 0 Å². The number of carbonyl (C=O) groups is 1. The summed E-state index contributed by atoms with van der Waals surface area (Å²) >= 11 is 0. The van der Waals surface area contributed by atoms with Crippen molar-refractivity contribution in [3.63, 3.8) is 0 Å². The molecule has 2 aromatic carbocycles. The number of methoxy groups -OCH3 is 1. The topological polar surface area (TPSA) is 89.7 Å². The van der Waals surface area contributed by atoms with Crippen LogP contribution in [0.3, 0.4) is 0 Å². The van der Waals surface area contributed by atoms with Gasteiger partial charge in [-0.3, -0.25) is 0 Å². The van der Waals surface area contributed by atoms with Gasteiger partial charge < -0.3 is 19.5 Å². The summed E-state index contributed by atoms with van der Waals surface area (Å²) in [5.74, 6) is -0.489. The maximum absolute atomic E-state index is 12.0. The number of nitrogens with zero attached hydrogens (tertiary/aromatic N) is 2. The van der Waals surface area contributed by atoms with Gasteiger partial charge >= 0.3 is 5.97 Å². The minimum absolute atomic E-state index is 0.0451. The number of benzene rings is 2. The second-order valence-corrected chi connectivity index (χ2v) is 5.68. The Labute approximate surface area is 157 Å². The number of para-hydroxylation sites is 1. The average Bonchev–Trinajstić information content (AvgIpc) is 2.67. The summed E-state index contributed by atoms with van der Waals surface area (Å²) in [6.45, 7) is 3.73. The molecule has 0 atom stereocenters. The minimum atomic E-state index is -0.613. The molecule has 0 fully saturated rings. The Morgan fingerprint density at radius 3 is 2.41 bits per heavy atom. The molecular weight excluding hydrogens is 348 g/mol. The Morgan fingerprint density at radius 1 is 1.04 bits per heavy atom. The van der Waals surface area contributed by atoms with Crippen molar-refractivity contribution in [3.8, 4) is 5.75 Å². The molecule has 0 amide bonds. The third-order valence-corrected chi connectivity index (χ3v) is 3.93. The van der Waals surface area contributed by atoms with Crippen LogP contribution in [0.2, 0.25) is 0 Å². The number of hydrogen-bond acceptors (Lipinski definition) is 7. The van der Waals surface area contributed by atoms with Crippen LogP contribution in [0.4, 0.5) is 0 Å². The summed E-state index contributed by atoms with van der Waals surface area (Å²) in [5, 5.41) is 17.7. The highest BCUT2D eigenvalue weighted by atomic mass is 16.6. The van der Waals surface area contributed by atoms with E-state index >= 15 is 0 Å². The molecule has 0 aromatic heterocycles. The highest BCUT2D eigenvalue weighted by molar-refractivity contribution is 6.43. The summed E-state index contributed by atoms with van der Waals surface area (Å²) in [6.07, 6.45) is 0. The van der Waals surface area contributed by atoms with Crippen LogP contribution in [-0.4, -0.2) is 36.7 Å². The van der Waals surface area contributed by atoms with Crippen molar-refractivity contribution in [2.24, 2.45) is 10.3 Å². The average molecular weight is 370 g/mol. The largest absolute Gasteiger partial charge is 0.507 e. The number of carbonyl (C=O) groups excluding carboxylic acids is 1. The molecule has 0 aliphatic rings. The third-order valence-electron chi connectivity index (χ3n) is 3.93. The van der Waals surface area contributed by atoms with E-state index in [2.05, 4.69) is 10.3 Å². The molecule has 7 nitrogen and oxygen atoms in total. The Kier molecular flexibility index (Phi) is 6.93. The van der Waals surface area contributed by atoms with Crippen LogP contribution in [0.1, 0.15) is 29.2 Å².